The van der Waals surface area contributed by atoms with Gasteiger partial charge in [0.25, 0.3) is 0 Å². The zero-order valence-electron chi connectivity index (χ0n) is 27.0. The Bertz CT molecular complexity index is 1560. The summed E-state index contributed by atoms with van der Waals surface area (Å²) in [4.78, 5) is 56.3. The molecule has 1 aliphatic rings. The highest BCUT2D eigenvalue weighted by molar-refractivity contribution is 6.01. The third-order valence-corrected chi connectivity index (χ3v) is 8.12. The summed E-state index contributed by atoms with van der Waals surface area (Å²) in [6.07, 6.45) is 1.70. The fourth-order valence-corrected chi connectivity index (χ4v) is 5.68. The summed E-state index contributed by atoms with van der Waals surface area (Å²) in [7, 11) is 0. The number of benzene rings is 3. The molecule has 3 atom stereocenters. The van der Waals surface area contributed by atoms with Gasteiger partial charge in [0.05, 0.1) is 6.54 Å². The number of aliphatic carboxylic acids is 1. The van der Waals surface area contributed by atoms with Gasteiger partial charge in [0, 0.05) is 18.3 Å². The Hall–Kier alpha value is -4.76. The molecule has 1 saturated heterocycles. The van der Waals surface area contributed by atoms with Gasteiger partial charge in [0.1, 0.15) is 12.1 Å². The van der Waals surface area contributed by atoms with Gasteiger partial charge in [-0.25, -0.2) is 4.79 Å². The SMILES string of the molecule is CC1(C)CC(C(=O)N(Cc2ccccc2)c2ccccc2)N(C(=O)C(NC(=O)/C=C/c2ccc(C(O)C(=O)O)cc2)C(C)(C)C)C1. The average molecular weight is 626 g/mol. The molecule has 0 radical (unpaired) electrons. The summed E-state index contributed by atoms with van der Waals surface area (Å²) in [5.41, 5.74) is 1.55. The quantitative estimate of drug-likeness (QED) is 0.266. The molecule has 3 N–H and O–H groups in total. The number of carbonyl (C=O) groups excluding carboxylic acids is 3. The van der Waals surface area contributed by atoms with Crippen LogP contribution in [0.2, 0.25) is 0 Å². The number of rotatable bonds is 10. The van der Waals surface area contributed by atoms with Crippen LogP contribution in [-0.4, -0.2) is 57.4 Å². The van der Waals surface area contributed by atoms with Gasteiger partial charge in [-0.1, -0.05) is 107 Å². The van der Waals surface area contributed by atoms with Gasteiger partial charge in [-0.05, 0) is 52.1 Å². The van der Waals surface area contributed by atoms with E-state index in [2.05, 4.69) is 5.32 Å². The molecular formula is C37H43N3O6. The number of aliphatic hydroxyl groups is 1. The second-order valence-electron chi connectivity index (χ2n) is 13.6. The second kappa shape index (κ2) is 14.1. The molecule has 3 unspecified atom stereocenters. The maximum Gasteiger partial charge on any atom is 0.337 e. The number of hydrogen-bond donors (Lipinski definition) is 3. The van der Waals surface area contributed by atoms with Gasteiger partial charge < -0.3 is 25.3 Å². The van der Waals surface area contributed by atoms with E-state index in [4.69, 9.17) is 5.11 Å². The van der Waals surface area contributed by atoms with Crippen LogP contribution in [0.4, 0.5) is 5.69 Å². The van der Waals surface area contributed by atoms with Crippen molar-refractivity contribution in [1.82, 2.24) is 10.2 Å². The van der Waals surface area contributed by atoms with E-state index in [1.54, 1.807) is 28.0 Å². The first-order valence-electron chi connectivity index (χ1n) is 15.4. The molecule has 1 fully saturated rings. The van der Waals surface area contributed by atoms with Crippen molar-refractivity contribution in [1.29, 1.82) is 0 Å². The van der Waals surface area contributed by atoms with Crippen LogP contribution < -0.4 is 10.2 Å². The predicted octanol–water partition coefficient (Wildman–Crippen LogP) is 5.21. The standard InChI is InChI=1S/C37H43N3O6/c1-36(2,3)32(38-30(41)21-18-25-16-19-27(20-17-25)31(42)35(45)46)34(44)40-24-37(4,5)22-29(40)33(43)39(28-14-10-7-11-15-28)23-26-12-8-6-9-13-26/h6-21,29,31-32,42H,22-24H2,1-5H3,(H,38,41)(H,45,46)/b21-18+. The van der Waals surface area contributed by atoms with E-state index in [1.165, 1.54) is 18.2 Å². The lowest BCUT2D eigenvalue weighted by Crippen LogP contribution is -2.58. The summed E-state index contributed by atoms with van der Waals surface area (Å²) in [5, 5.41) is 21.6. The first-order chi connectivity index (χ1) is 21.7. The van der Waals surface area contributed by atoms with E-state index >= 15 is 0 Å². The number of aliphatic hydroxyl groups excluding tert-OH is 1. The van der Waals surface area contributed by atoms with Crippen LogP contribution in [0, 0.1) is 10.8 Å². The highest BCUT2D eigenvalue weighted by Crippen LogP contribution is 2.37. The number of likely N-dealkylation sites (tertiary alicyclic amines) is 1. The number of nitrogens with zero attached hydrogens (tertiary/aromatic N) is 2. The van der Waals surface area contributed by atoms with Crippen LogP contribution in [0.5, 0.6) is 0 Å². The Labute approximate surface area is 270 Å². The molecule has 0 aromatic heterocycles. The lowest BCUT2D eigenvalue weighted by atomic mass is 9.85. The third-order valence-electron chi connectivity index (χ3n) is 8.12. The number of amides is 3. The smallest absolute Gasteiger partial charge is 0.337 e. The van der Waals surface area contributed by atoms with E-state index in [0.717, 1.165) is 11.3 Å². The Morgan fingerprint density at radius 3 is 2.11 bits per heavy atom. The normalized spacial score (nSPS) is 17.3. The van der Waals surface area contributed by atoms with Gasteiger partial charge in [-0.3, -0.25) is 14.4 Å². The van der Waals surface area contributed by atoms with Crippen LogP contribution in [-0.2, 0) is 25.7 Å². The fourth-order valence-electron chi connectivity index (χ4n) is 5.68. The van der Waals surface area contributed by atoms with Crippen molar-refractivity contribution in [3.05, 3.63) is 108 Å². The van der Waals surface area contributed by atoms with Crippen LogP contribution in [0.3, 0.4) is 0 Å². The van der Waals surface area contributed by atoms with Gasteiger partial charge >= 0.3 is 5.97 Å². The van der Waals surface area contributed by atoms with Crippen molar-refractivity contribution in [3.63, 3.8) is 0 Å². The van der Waals surface area contributed by atoms with Crippen LogP contribution in [0.1, 0.15) is 63.8 Å². The summed E-state index contributed by atoms with van der Waals surface area (Å²) in [6.45, 7) is 10.4. The molecule has 1 heterocycles. The van der Waals surface area contributed by atoms with Crippen LogP contribution in [0.15, 0.2) is 91.0 Å². The van der Waals surface area contributed by atoms with E-state index in [0.29, 0.717) is 25.1 Å². The molecular weight excluding hydrogens is 582 g/mol. The molecule has 1 aliphatic heterocycles. The molecule has 0 saturated carbocycles. The number of carbonyl (C=O) groups is 4. The van der Waals surface area contributed by atoms with Crippen molar-refractivity contribution >= 4 is 35.5 Å². The van der Waals surface area contributed by atoms with Gasteiger partial charge in [-0.2, -0.15) is 0 Å². The molecule has 0 aliphatic carbocycles. The Balaban J connectivity index is 1.56. The van der Waals surface area contributed by atoms with E-state index < -0.39 is 35.5 Å². The van der Waals surface area contributed by atoms with Gasteiger partial charge in [0.15, 0.2) is 6.10 Å². The number of anilines is 1. The monoisotopic (exact) mass is 625 g/mol. The molecule has 9 heteroatoms. The predicted molar refractivity (Wildman–Crippen MR) is 177 cm³/mol. The summed E-state index contributed by atoms with van der Waals surface area (Å²) < 4.78 is 0. The number of para-hydroxylation sites is 1. The highest BCUT2D eigenvalue weighted by atomic mass is 16.4. The largest absolute Gasteiger partial charge is 0.479 e. The van der Waals surface area contributed by atoms with Crippen molar-refractivity contribution < 1.29 is 29.4 Å². The van der Waals surface area contributed by atoms with Crippen molar-refractivity contribution in [2.45, 2.75) is 65.8 Å². The Morgan fingerprint density at radius 1 is 0.957 bits per heavy atom. The minimum absolute atomic E-state index is 0.177. The number of nitrogens with one attached hydrogen (secondary N) is 1. The molecule has 46 heavy (non-hydrogen) atoms. The van der Waals surface area contributed by atoms with E-state index in [-0.39, 0.29) is 22.8 Å². The maximum absolute atomic E-state index is 14.4. The first kappa shape index (κ1) is 34.1. The number of carboxylic acid groups (broad SMARTS) is 1. The molecule has 0 bridgehead atoms. The zero-order chi connectivity index (χ0) is 33.6. The van der Waals surface area contributed by atoms with Crippen molar-refractivity contribution in [2.75, 3.05) is 11.4 Å². The second-order valence-corrected chi connectivity index (χ2v) is 13.6. The number of hydrogen-bond acceptors (Lipinski definition) is 5. The van der Waals surface area contributed by atoms with Crippen molar-refractivity contribution in [2.24, 2.45) is 10.8 Å². The minimum atomic E-state index is -1.63. The average Bonchev–Trinajstić information content (AvgIpc) is 3.36. The minimum Gasteiger partial charge on any atom is -0.479 e. The summed E-state index contributed by atoms with van der Waals surface area (Å²) in [5.74, 6) is -2.34. The Morgan fingerprint density at radius 2 is 1.54 bits per heavy atom. The molecule has 3 aromatic carbocycles. The highest BCUT2D eigenvalue weighted by Gasteiger charge is 2.48. The summed E-state index contributed by atoms with van der Waals surface area (Å²) >= 11 is 0. The van der Waals surface area contributed by atoms with E-state index in [9.17, 15) is 24.3 Å². The fraction of sp³-hybridized carbons (Fsp3) is 0.351. The Kier molecular flexibility index (Phi) is 10.5. The summed E-state index contributed by atoms with van der Waals surface area (Å²) in [6, 6.07) is 23.7. The lowest BCUT2D eigenvalue weighted by Gasteiger charge is -2.36. The molecule has 242 valence electrons. The molecule has 0 spiro atoms. The van der Waals surface area contributed by atoms with Gasteiger partial charge in [-0.15, -0.1) is 0 Å². The molecule has 3 aromatic rings. The topological polar surface area (TPSA) is 127 Å². The van der Waals surface area contributed by atoms with E-state index in [1.807, 2.05) is 95.3 Å². The maximum atomic E-state index is 14.4. The number of carboxylic acids is 1. The lowest BCUT2D eigenvalue weighted by molar-refractivity contribution is -0.147. The zero-order valence-corrected chi connectivity index (χ0v) is 27.0. The van der Waals surface area contributed by atoms with Crippen LogP contribution in [0.25, 0.3) is 6.08 Å². The molecule has 3 amide bonds. The third kappa shape index (κ3) is 8.48. The van der Waals surface area contributed by atoms with Crippen molar-refractivity contribution in [3.8, 4) is 0 Å². The molecule has 9 nitrogen and oxygen atoms in total. The molecule has 4 rings (SSSR count). The first-order valence-corrected chi connectivity index (χ1v) is 15.4. The van der Waals surface area contributed by atoms with Gasteiger partial charge in [0.2, 0.25) is 17.7 Å². The van der Waals surface area contributed by atoms with Crippen LogP contribution >= 0.6 is 0 Å².